The largest absolute Gasteiger partial charge is 0.340 e. The predicted octanol–water partition coefficient (Wildman–Crippen LogP) is 7.71. The van der Waals surface area contributed by atoms with Crippen molar-refractivity contribution in [3.8, 4) is 33.6 Å². The van der Waals surface area contributed by atoms with Crippen LogP contribution in [0.2, 0.25) is 0 Å². The maximum absolute atomic E-state index is 13.2. The molecule has 2 fully saturated rings. The molecule has 0 aliphatic carbocycles. The first-order valence-corrected chi connectivity index (χ1v) is 18.2. The first-order valence-electron chi connectivity index (χ1n) is 17.3. The van der Waals surface area contributed by atoms with Crippen LogP contribution in [0.3, 0.4) is 0 Å². The molecule has 3 aromatic carbocycles. The second kappa shape index (κ2) is 13.9. The Kier molecular flexibility index (Phi) is 8.85. The normalized spacial score (nSPS) is 17.5. The second-order valence-electron chi connectivity index (χ2n) is 13.2. The van der Waals surface area contributed by atoms with Crippen LogP contribution < -0.4 is 0 Å². The molecule has 50 heavy (non-hydrogen) atoms. The summed E-state index contributed by atoms with van der Waals surface area (Å²) >= 11 is 1.58. The van der Waals surface area contributed by atoms with Crippen molar-refractivity contribution in [2.45, 2.75) is 57.5 Å². The SMILES string of the molecule is Cc1nc(CC(=O)N2CCC[C@H]2c2ncc(-c3ccc(-c4ccc(-c5cnc([C@@H]6CCCN6C(=O)Cc6ccccc6)[nH]5)cc4)cc3)[nH]2)cs1. The van der Waals surface area contributed by atoms with Crippen LogP contribution in [0, 0.1) is 6.92 Å². The summed E-state index contributed by atoms with van der Waals surface area (Å²) in [6.07, 6.45) is 8.23. The summed E-state index contributed by atoms with van der Waals surface area (Å²) in [5.41, 5.74) is 8.10. The highest BCUT2D eigenvalue weighted by atomic mass is 32.1. The lowest BCUT2D eigenvalue weighted by atomic mass is 10.0. The topological polar surface area (TPSA) is 111 Å². The molecule has 3 aromatic heterocycles. The van der Waals surface area contributed by atoms with Gasteiger partial charge in [-0.25, -0.2) is 15.0 Å². The van der Waals surface area contributed by atoms with Crippen molar-refractivity contribution in [1.82, 2.24) is 34.7 Å². The number of carbonyl (C=O) groups excluding carboxylic acids is 2. The van der Waals surface area contributed by atoms with E-state index >= 15 is 0 Å². The van der Waals surface area contributed by atoms with Gasteiger partial charge in [-0.15, -0.1) is 11.3 Å². The standard InChI is InChI=1S/C40H39N7O2S/c1-26-43-32(25-50-26)22-38(49)47-20-6-10-36(47)40-42-24-34(45-40)31-17-13-29(14-18-31)28-11-15-30(16-12-28)33-23-41-39(44-33)35-9-5-19-46(35)37(48)21-27-7-3-2-4-8-27/h2-4,7-8,11-18,23-25,35-36H,5-6,9-10,19-22H2,1H3,(H,41,44)(H,42,45)/t35-,36-/m0/s1. The highest BCUT2D eigenvalue weighted by Gasteiger charge is 2.33. The fraction of sp³-hybridized carbons (Fsp3) is 0.275. The van der Waals surface area contributed by atoms with Crippen molar-refractivity contribution < 1.29 is 9.59 Å². The van der Waals surface area contributed by atoms with Crippen LogP contribution in [-0.4, -0.2) is 59.6 Å². The summed E-state index contributed by atoms with van der Waals surface area (Å²) in [5.74, 6) is 1.93. The van der Waals surface area contributed by atoms with Gasteiger partial charge in [0.15, 0.2) is 0 Å². The second-order valence-corrected chi connectivity index (χ2v) is 14.3. The number of likely N-dealkylation sites (tertiary alicyclic amines) is 2. The average Bonchev–Trinajstić information content (AvgIpc) is 3.98. The monoisotopic (exact) mass is 681 g/mol. The van der Waals surface area contributed by atoms with E-state index in [1.165, 1.54) is 0 Å². The molecule has 0 spiro atoms. The Bertz CT molecular complexity index is 2100. The Morgan fingerprint density at radius 2 is 1.20 bits per heavy atom. The molecule has 6 aromatic rings. The number of rotatable bonds is 9. The molecule has 2 aliphatic rings. The van der Waals surface area contributed by atoms with Gasteiger partial charge in [0.25, 0.3) is 0 Å². The summed E-state index contributed by atoms with van der Waals surface area (Å²) in [4.78, 5) is 51.1. The zero-order valence-corrected chi connectivity index (χ0v) is 28.8. The first kappa shape index (κ1) is 31.9. The number of hydrogen-bond acceptors (Lipinski definition) is 6. The van der Waals surface area contributed by atoms with Crippen LogP contribution in [0.4, 0.5) is 0 Å². The van der Waals surface area contributed by atoms with Gasteiger partial charge in [-0.2, -0.15) is 0 Å². The van der Waals surface area contributed by atoms with Gasteiger partial charge in [0.1, 0.15) is 11.6 Å². The molecule has 0 bridgehead atoms. The number of amides is 2. The number of nitrogens with zero attached hydrogens (tertiary/aromatic N) is 5. The van der Waals surface area contributed by atoms with E-state index in [4.69, 9.17) is 9.97 Å². The molecule has 10 heteroatoms. The lowest BCUT2D eigenvalue weighted by Crippen LogP contribution is -2.32. The number of hydrogen-bond donors (Lipinski definition) is 2. The number of thiazole rings is 1. The fourth-order valence-electron chi connectivity index (χ4n) is 7.31. The highest BCUT2D eigenvalue weighted by Crippen LogP contribution is 2.34. The molecule has 8 rings (SSSR count). The quantitative estimate of drug-likeness (QED) is 0.162. The van der Waals surface area contributed by atoms with Gasteiger partial charge in [0.05, 0.1) is 59.4 Å². The molecule has 2 atom stereocenters. The predicted molar refractivity (Wildman–Crippen MR) is 195 cm³/mol. The number of aromatic amines is 2. The summed E-state index contributed by atoms with van der Waals surface area (Å²) in [6, 6.07) is 26.8. The van der Waals surface area contributed by atoms with Gasteiger partial charge in [-0.1, -0.05) is 78.9 Å². The van der Waals surface area contributed by atoms with Gasteiger partial charge in [-0.05, 0) is 60.4 Å². The Morgan fingerprint density at radius 3 is 1.70 bits per heavy atom. The maximum Gasteiger partial charge on any atom is 0.229 e. The van der Waals surface area contributed by atoms with E-state index in [1.807, 2.05) is 64.8 Å². The molecule has 9 nitrogen and oxygen atoms in total. The minimum Gasteiger partial charge on any atom is -0.340 e. The van der Waals surface area contributed by atoms with Gasteiger partial charge in [0, 0.05) is 18.5 Å². The lowest BCUT2D eigenvalue weighted by molar-refractivity contribution is -0.132. The van der Waals surface area contributed by atoms with Crippen LogP contribution in [0.5, 0.6) is 0 Å². The Labute approximate surface area is 295 Å². The molecule has 0 radical (unpaired) electrons. The highest BCUT2D eigenvalue weighted by molar-refractivity contribution is 7.09. The summed E-state index contributed by atoms with van der Waals surface area (Å²) < 4.78 is 0. The third-order valence-corrected chi connectivity index (χ3v) is 10.7. The molecule has 2 N–H and O–H groups in total. The minimum atomic E-state index is -0.0426. The van der Waals surface area contributed by atoms with E-state index in [1.54, 1.807) is 11.3 Å². The fourth-order valence-corrected chi connectivity index (χ4v) is 7.92. The number of nitrogens with one attached hydrogen (secondary N) is 2. The Morgan fingerprint density at radius 1 is 0.700 bits per heavy atom. The van der Waals surface area contributed by atoms with Gasteiger partial charge in [-0.3, -0.25) is 9.59 Å². The third-order valence-electron chi connectivity index (χ3n) is 9.89. The zero-order valence-electron chi connectivity index (χ0n) is 28.0. The number of aromatic nitrogens is 5. The van der Waals surface area contributed by atoms with Crippen molar-refractivity contribution >= 4 is 23.2 Å². The molecule has 0 saturated carbocycles. The number of aryl methyl sites for hydroxylation is 1. The van der Waals surface area contributed by atoms with Crippen LogP contribution in [0.25, 0.3) is 33.6 Å². The number of carbonyl (C=O) groups is 2. The first-order chi connectivity index (χ1) is 24.5. The van der Waals surface area contributed by atoms with Gasteiger partial charge in [0.2, 0.25) is 11.8 Å². The maximum atomic E-state index is 13.2. The van der Waals surface area contributed by atoms with E-state index in [9.17, 15) is 9.59 Å². The number of benzene rings is 3. The van der Waals surface area contributed by atoms with Crippen LogP contribution in [0.15, 0.2) is 96.6 Å². The van der Waals surface area contributed by atoms with E-state index < -0.39 is 0 Å². The van der Waals surface area contributed by atoms with Crippen molar-refractivity contribution in [1.29, 1.82) is 0 Å². The molecular formula is C40H39N7O2S. The molecule has 252 valence electrons. The smallest absolute Gasteiger partial charge is 0.229 e. The molecule has 5 heterocycles. The minimum absolute atomic E-state index is 0.0263. The molecule has 2 amide bonds. The van der Waals surface area contributed by atoms with Gasteiger partial charge >= 0.3 is 0 Å². The Balaban J connectivity index is 0.910. The summed E-state index contributed by atoms with van der Waals surface area (Å²) in [5, 5.41) is 2.95. The van der Waals surface area contributed by atoms with Crippen LogP contribution >= 0.6 is 11.3 Å². The summed E-state index contributed by atoms with van der Waals surface area (Å²) in [6.45, 7) is 3.47. The van der Waals surface area contributed by atoms with Crippen LogP contribution in [0.1, 0.15) is 65.7 Å². The molecular weight excluding hydrogens is 643 g/mol. The van der Waals surface area contributed by atoms with E-state index in [0.29, 0.717) is 12.8 Å². The lowest BCUT2D eigenvalue weighted by Gasteiger charge is -2.23. The van der Waals surface area contributed by atoms with Crippen molar-refractivity contribution in [3.63, 3.8) is 0 Å². The Hall–Kier alpha value is -5.35. The summed E-state index contributed by atoms with van der Waals surface area (Å²) in [7, 11) is 0. The van der Waals surface area contributed by atoms with Crippen molar-refractivity contribution in [3.05, 3.63) is 125 Å². The molecule has 2 aliphatic heterocycles. The van der Waals surface area contributed by atoms with Crippen molar-refractivity contribution in [2.75, 3.05) is 13.1 Å². The van der Waals surface area contributed by atoms with E-state index in [2.05, 4.69) is 63.5 Å². The number of H-pyrrole nitrogens is 2. The van der Waals surface area contributed by atoms with Gasteiger partial charge < -0.3 is 19.8 Å². The zero-order chi connectivity index (χ0) is 34.0. The average molecular weight is 682 g/mol. The van der Waals surface area contributed by atoms with E-state index in [0.717, 1.165) is 100 Å². The third kappa shape index (κ3) is 6.63. The molecule has 2 saturated heterocycles. The molecule has 0 unspecified atom stereocenters. The van der Waals surface area contributed by atoms with Crippen LogP contribution in [-0.2, 0) is 22.4 Å². The van der Waals surface area contributed by atoms with Crippen molar-refractivity contribution in [2.24, 2.45) is 0 Å². The number of imidazole rings is 2. The van der Waals surface area contributed by atoms with E-state index in [-0.39, 0.29) is 23.9 Å².